The second kappa shape index (κ2) is 23.2. The van der Waals surface area contributed by atoms with E-state index in [1.165, 1.54) is 33.7 Å². The smallest absolute Gasteiger partial charge is 0.230 e. The van der Waals surface area contributed by atoms with E-state index in [4.69, 9.17) is 6.58 Å². The number of fused-ring (bicyclic) bond motifs is 2. The number of amides is 2. The van der Waals surface area contributed by atoms with Crippen LogP contribution < -0.4 is 12.4 Å². The number of allylic oxidation sites excluding steroid dienone is 1. The summed E-state index contributed by atoms with van der Waals surface area (Å²) in [5.74, 6) is 0.418. The Hall–Kier alpha value is -4.44. The van der Waals surface area contributed by atoms with E-state index in [-0.39, 0.29) is 30.1 Å². The van der Waals surface area contributed by atoms with Gasteiger partial charge in [0.25, 0.3) is 0 Å². The summed E-state index contributed by atoms with van der Waals surface area (Å²) in [6, 6.07) is 6.82. The Kier molecular flexibility index (Phi) is 20.3. The lowest BCUT2D eigenvalue weighted by Gasteiger charge is -2.40. The van der Waals surface area contributed by atoms with Crippen molar-refractivity contribution in [3.05, 3.63) is 118 Å². The summed E-state index contributed by atoms with van der Waals surface area (Å²) in [5.41, 5.74) is 5.21. The maximum Gasteiger partial charge on any atom is 0.230 e. The number of benzene rings is 1. The molecular formula is C42H61ClN7O2. The van der Waals surface area contributed by atoms with Gasteiger partial charge in [-0.05, 0) is 81.8 Å². The van der Waals surface area contributed by atoms with Crippen molar-refractivity contribution in [1.82, 2.24) is 29.2 Å². The molecule has 2 amide bonds. The van der Waals surface area contributed by atoms with Gasteiger partial charge in [-0.1, -0.05) is 57.2 Å². The molecule has 2 aromatic heterocycles. The molecule has 1 aromatic carbocycles. The molecule has 52 heavy (non-hydrogen) atoms. The quantitative estimate of drug-likeness (QED) is 0.266. The largest absolute Gasteiger partial charge is 1.00 e. The van der Waals surface area contributed by atoms with Crippen LogP contribution in [0.15, 0.2) is 99.9 Å². The fourth-order valence-electron chi connectivity index (χ4n) is 6.39. The van der Waals surface area contributed by atoms with Gasteiger partial charge in [0.05, 0.1) is 39.4 Å². The number of hydrogen-bond donors (Lipinski definition) is 1. The number of rotatable bonds is 9. The Morgan fingerprint density at radius 1 is 1.12 bits per heavy atom. The molecule has 2 atom stereocenters. The molecule has 2 aliphatic heterocycles. The van der Waals surface area contributed by atoms with Gasteiger partial charge in [-0.3, -0.25) is 14.5 Å². The van der Waals surface area contributed by atoms with Crippen LogP contribution in [-0.2, 0) is 16.0 Å². The summed E-state index contributed by atoms with van der Waals surface area (Å²) in [6.45, 7) is 30.2. The number of carbonyl (C=O) groups is 2. The standard InChI is InChI=1S/C20H25N3O.C8H16N.C6H9NO.C5H6N2.C3H5.ClH/c1-4-23(5-2)20(24)14-9-16-15-7-6-8-17-19(15)13(11-21-17)10-18(16)22(3)12-14;1-5-7-9(3,4)8-6-2;1-2-7-5-3-4-6(7)8;1-2-7-4-3-6-5-7;1-3-2;/h6-9,11,14,18,21H,4-5,10,12H2,1-3H3;5-6H,1-2,7-8H2,3-4H3;2H,1,3-5H2;2-5H,1H2;1,3H,2H3;1H/q;+1;;;;/p-1/t14-,18-;;;;;/m1...../s1. The predicted molar refractivity (Wildman–Crippen MR) is 214 cm³/mol. The lowest BCUT2D eigenvalue weighted by Crippen LogP contribution is -3.00. The molecule has 3 aliphatic rings. The van der Waals surface area contributed by atoms with Crippen LogP contribution in [0.1, 0.15) is 44.7 Å². The first-order chi connectivity index (χ1) is 24.4. The Morgan fingerprint density at radius 3 is 2.23 bits per heavy atom. The molecule has 1 N–H and O–H groups in total. The lowest BCUT2D eigenvalue weighted by atomic mass is 9.79. The summed E-state index contributed by atoms with van der Waals surface area (Å²) in [7, 11) is 6.46. The van der Waals surface area contributed by atoms with Gasteiger partial charge in [0.2, 0.25) is 11.8 Å². The minimum Gasteiger partial charge on any atom is -1.00 e. The van der Waals surface area contributed by atoms with Crippen LogP contribution in [-0.4, -0.2) is 112 Å². The number of likely N-dealkylation sites (N-methyl/N-ethyl adjacent to an activating group) is 2. The van der Waals surface area contributed by atoms with E-state index in [1.54, 1.807) is 41.3 Å². The van der Waals surface area contributed by atoms with Crippen molar-refractivity contribution >= 4 is 34.5 Å². The molecule has 1 saturated heterocycles. The number of nitrogens with zero attached hydrogens (tertiary/aromatic N) is 6. The van der Waals surface area contributed by atoms with E-state index >= 15 is 0 Å². The maximum atomic E-state index is 12.9. The number of halogens is 1. The van der Waals surface area contributed by atoms with Crippen LogP contribution in [0.25, 0.3) is 22.7 Å². The molecular weight excluding hydrogens is 670 g/mol. The number of aromatic amines is 1. The monoisotopic (exact) mass is 730 g/mol. The SMILES string of the molecule is C=CC[N+](C)(C)CC=C.C=CN1CCCC1=O.C=Cn1ccnc1.CCN(CC)C(=O)[C@@H]1C=C2c3cccc4[nH]cc(c34)C[C@H]2N(C)C1.[CH]=CC.[Cl-]. The lowest BCUT2D eigenvalue weighted by molar-refractivity contribution is -0.878. The minimum absolute atomic E-state index is 0. The third-order valence-corrected chi connectivity index (χ3v) is 8.97. The molecule has 1 fully saturated rings. The van der Waals surface area contributed by atoms with E-state index in [2.05, 4.69) is 107 Å². The van der Waals surface area contributed by atoms with Crippen LogP contribution in [0.4, 0.5) is 0 Å². The first kappa shape index (κ1) is 45.6. The maximum absolute atomic E-state index is 12.9. The molecule has 0 bridgehead atoms. The predicted octanol–water partition coefficient (Wildman–Crippen LogP) is 4.08. The van der Waals surface area contributed by atoms with E-state index in [1.807, 2.05) is 23.2 Å². The van der Waals surface area contributed by atoms with E-state index in [0.29, 0.717) is 12.5 Å². The van der Waals surface area contributed by atoms with Crippen LogP contribution in [0.3, 0.4) is 0 Å². The second-order valence-corrected chi connectivity index (χ2v) is 13.2. The van der Waals surface area contributed by atoms with Gasteiger partial charge in [0, 0.05) is 74.3 Å². The molecule has 3 aromatic rings. The Bertz CT molecular complexity index is 1610. The third-order valence-electron chi connectivity index (χ3n) is 8.97. The minimum atomic E-state index is -0.0445. The first-order valence-electron chi connectivity index (χ1n) is 17.8. The van der Waals surface area contributed by atoms with E-state index in [9.17, 15) is 9.59 Å². The number of H-pyrrole nitrogens is 1. The van der Waals surface area contributed by atoms with Crippen molar-refractivity contribution in [2.24, 2.45) is 5.92 Å². The van der Waals surface area contributed by atoms with Crippen molar-refractivity contribution in [3.63, 3.8) is 0 Å². The highest BCUT2D eigenvalue weighted by Crippen LogP contribution is 2.41. The Balaban J connectivity index is 0.000000397. The number of likely N-dealkylation sites (tertiary alicyclic amines) is 1. The number of nitrogens with one attached hydrogen (secondary N) is 1. The van der Waals surface area contributed by atoms with Gasteiger partial charge in [-0.2, -0.15) is 0 Å². The van der Waals surface area contributed by atoms with Gasteiger partial charge in [-0.15, -0.1) is 0 Å². The highest BCUT2D eigenvalue weighted by molar-refractivity contribution is 5.99. The fourth-order valence-corrected chi connectivity index (χ4v) is 6.39. The second-order valence-electron chi connectivity index (χ2n) is 13.2. The topological polar surface area (TPSA) is 77.5 Å². The zero-order valence-corrected chi connectivity index (χ0v) is 33.1. The molecule has 4 heterocycles. The van der Waals surface area contributed by atoms with Gasteiger partial charge in [-0.25, -0.2) is 4.98 Å². The van der Waals surface area contributed by atoms with Crippen molar-refractivity contribution in [2.75, 3.05) is 60.4 Å². The molecule has 9 nitrogen and oxygen atoms in total. The van der Waals surface area contributed by atoms with Gasteiger partial charge in [0.15, 0.2) is 0 Å². The normalized spacial score (nSPS) is 16.9. The van der Waals surface area contributed by atoms with Gasteiger partial charge >= 0.3 is 0 Å². The first-order valence-corrected chi connectivity index (χ1v) is 17.8. The average molecular weight is 731 g/mol. The highest BCUT2D eigenvalue weighted by Gasteiger charge is 2.36. The molecule has 0 spiro atoms. The highest BCUT2D eigenvalue weighted by atomic mass is 35.5. The number of hydrogen-bond acceptors (Lipinski definition) is 4. The van der Waals surface area contributed by atoms with Crippen LogP contribution in [0.2, 0.25) is 0 Å². The zero-order chi connectivity index (χ0) is 38.0. The zero-order valence-electron chi connectivity index (χ0n) is 32.3. The van der Waals surface area contributed by atoms with Crippen molar-refractivity contribution < 1.29 is 26.5 Å². The Labute approximate surface area is 319 Å². The van der Waals surface area contributed by atoms with E-state index < -0.39 is 0 Å². The van der Waals surface area contributed by atoms with Gasteiger partial charge < -0.3 is 36.2 Å². The summed E-state index contributed by atoms with van der Waals surface area (Å²) < 4.78 is 2.73. The molecule has 0 saturated carbocycles. The molecule has 10 heteroatoms. The summed E-state index contributed by atoms with van der Waals surface area (Å²) in [6.07, 6.45) is 21.0. The van der Waals surface area contributed by atoms with Crippen LogP contribution >= 0.6 is 0 Å². The molecule has 1 radical (unpaired) electrons. The molecule has 6 rings (SSSR count). The molecule has 0 unspecified atom stereocenters. The summed E-state index contributed by atoms with van der Waals surface area (Å²) in [4.78, 5) is 36.7. The summed E-state index contributed by atoms with van der Waals surface area (Å²) >= 11 is 0. The van der Waals surface area contributed by atoms with Gasteiger partial charge in [0.1, 0.15) is 0 Å². The number of carbonyl (C=O) groups excluding carboxylic acids is 2. The molecule has 283 valence electrons. The molecule has 1 aliphatic carbocycles. The summed E-state index contributed by atoms with van der Waals surface area (Å²) in [5, 5.41) is 1.34. The van der Waals surface area contributed by atoms with Crippen molar-refractivity contribution in [2.45, 2.75) is 46.1 Å². The number of imidazole rings is 1. The third kappa shape index (κ3) is 13.0. The van der Waals surface area contributed by atoms with Crippen LogP contribution in [0.5, 0.6) is 0 Å². The van der Waals surface area contributed by atoms with Crippen LogP contribution in [0, 0.1) is 12.5 Å². The van der Waals surface area contributed by atoms with Crippen molar-refractivity contribution in [1.29, 1.82) is 0 Å². The number of aromatic nitrogens is 3. The van der Waals surface area contributed by atoms with Crippen molar-refractivity contribution in [3.8, 4) is 0 Å². The fraction of sp³-hybridized carbons (Fsp3) is 0.405. The average Bonchev–Trinajstić information content (AvgIpc) is 3.89. The Morgan fingerprint density at radius 2 is 1.77 bits per heavy atom. The number of quaternary nitrogens is 1. The van der Waals surface area contributed by atoms with E-state index in [0.717, 1.165) is 56.6 Å².